The molecule has 3 nitrogen and oxygen atoms in total. The van der Waals surface area contributed by atoms with Crippen molar-refractivity contribution < 1.29 is 15.0 Å². The van der Waals surface area contributed by atoms with Gasteiger partial charge in [-0.1, -0.05) is 6.07 Å². The van der Waals surface area contributed by atoms with E-state index >= 15 is 0 Å². The number of phenols is 1. The van der Waals surface area contributed by atoms with E-state index in [0.717, 1.165) is 29.3 Å². The summed E-state index contributed by atoms with van der Waals surface area (Å²) in [6.07, 6.45) is 3.55. The number of fused-ring (bicyclic) bond motifs is 1. The van der Waals surface area contributed by atoms with Gasteiger partial charge in [0.15, 0.2) is 0 Å². The van der Waals surface area contributed by atoms with Gasteiger partial charge in [0, 0.05) is 6.42 Å². The lowest BCUT2D eigenvalue weighted by Gasteiger charge is -2.10. The molecule has 1 aliphatic rings. The first-order chi connectivity index (χ1) is 7.59. The quantitative estimate of drug-likeness (QED) is 0.897. The van der Waals surface area contributed by atoms with E-state index in [9.17, 15) is 9.90 Å². The van der Waals surface area contributed by atoms with Gasteiger partial charge in [-0.3, -0.25) is 4.79 Å². The van der Waals surface area contributed by atoms with Crippen molar-refractivity contribution in [3.8, 4) is 5.75 Å². The number of rotatable bonds is 3. The normalized spacial score (nSPS) is 13.8. The highest BCUT2D eigenvalue weighted by atomic mass is 79.9. The minimum absolute atomic E-state index is 0.0544. The molecule has 0 saturated carbocycles. The van der Waals surface area contributed by atoms with E-state index in [0.29, 0.717) is 6.42 Å². The molecule has 1 aliphatic carbocycles. The number of carbonyl (C=O) groups is 1. The molecule has 0 heterocycles. The van der Waals surface area contributed by atoms with Gasteiger partial charge in [0.25, 0.3) is 0 Å². The number of halogens is 1. The highest BCUT2D eigenvalue weighted by Gasteiger charge is 2.19. The number of benzene rings is 1. The second-order valence-corrected chi connectivity index (χ2v) is 4.88. The Labute approximate surface area is 102 Å². The molecule has 0 bridgehead atoms. The van der Waals surface area contributed by atoms with Crippen LogP contribution in [0.4, 0.5) is 0 Å². The SMILES string of the molecule is O=C(O)CCc1cc2c(c(Br)c1O)CCC2. The Morgan fingerprint density at radius 1 is 1.44 bits per heavy atom. The summed E-state index contributed by atoms with van der Waals surface area (Å²) in [6, 6.07) is 1.95. The molecule has 0 fully saturated rings. The zero-order valence-corrected chi connectivity index (χ0v) is 10.4. The molecule has 4 heteroatoms. The zero-order valence-electron chi connectivity index (χ0n) is 8.79. The van der Waals surface area contributed by atoms with E-state index in [-0.39, 0.29) is 12.2 Å². The maximum absolute atomic E-state index is 10.5. The van der Waals surface area contributed by atoms with Crippen LogP contribution in [0.1, 0.15) is 29.5 Å². The van der Waals surface area contributed by atoms with E-state index in [2.05, 4.69) is 15.9 Å². The molecular weight excluding hydrogens is 272 g/mol. The van der Waals surface area contributed by atoms with Crippen LogP contribution in [0.2, 0.25) is 0 Å². The van der Waals surface area contributed by atoms with Crippen molar-refractivity contribution in [3.05, 3.63) is 27.2 Å². The van der Waals surface area contributed by atoms with Crippen LogP contribution in [-0.2, 0) is 24.1 Å². The van der Waals surface area contributed by atoms with Crippen molar-refractivity contribution in [2.75, 3.05) is 0 Å². The molecule has 16 heavy (non-hydrogen) atoms. The van der Waals surface area contributed by atoms with Gasteiger partial charge >= 0.3 is 5.97 Å². The highest BCUT2D eigenvalue weighted by molar-refractivity contribution is 9.10. The van der Waals surface area contributed by atoms with E-state index in [1.165, 1.54) is 11.1 Å². The molecule has 0 amide bonds. The van der Waals surface area contributed by atoms with Gasteiger partial charge in [0.05, 0.1) is 4.47 Å². The summed E-state index contributed by atoms with van der Waals surface area (Å²) >= 11 is 3.39. The molecule has 0 aromatic heterocycles. The number of aryl methyl sites for hydroxylation is 2. The minimum atomic E-state index is -0.837. The summed E-state index contributed by atoms with van der Waals surface area (Å²) in [7, 11) is 0. The van der Waals surface area contributed by atoms with Gasteiger partial charge < -0.3 is 10.2 Å². The van der Waals surface area contributed by atoms with Crippen LogP contribution in [0.3, 0.4) is 0 Å². The molecule has 0 unspecified atom stereocenters. The molecule has 1 aromatic carbocycles. The maximum atomic E-state index is 10.5. The summed E-state index contributed by atoms with van der Waals surface area (Å²) in [6.45, 7) is 0. The van der Waals surface area contributed by atoms with Gasteiger partial charge in [0.2, 0.25) is 0 Å². The topological polar surface area (TPSA) is 57.5 Å². The first-order valence-electron chi connectivity index (χ1n) is 5.33. The Morgan fingerprint density at radius 2 is 2.19 bits per heavy atom. The summed E-state index contributed by atoms with van der Waals surface area (Å²) in [5.74, 6) is -0.627. The molecule has 2 rings (SSSR count). The number of phenolic OH excluding ortho intramolecular Hbond substituents is 1. The lowest BCUT2D eigenvalue weighted by atomic mass is 10.0. The number of carboxylic acids is 1. The van der Waals surface area contributed by atoms with Crippen molar-refractivity contribution >= 4 is 21.9 Å². The largest absolute Gasteiger partial charge is 0.506 e. The monoisotopic (exact) mass is 284 g/mol. The number of hydrogen-bond donors (Lipinski definition) is 2. The summed E-state index contributed by atoms with van der Waals surface area (Å²) in [5, 5.41) is 18.6. The Bertz CT molecular complexity index is 440. The predicted molar refractivity (Wildman–Crippen MR) is 63.8 cm³/mol. The third kappa shape index (κ3) is 2.07. The van der Waals surface area contributed by atoms with Crippen LogP contribution in [0.5, 0.6) is 5.75 Å². The average Bonchev–Trinajstić information content (AvgIpc) is 2.69. The van der Waals surface area contributed by atoms with Gasteiger partial charge in [0.1, 0.15) is 5.75 Å². The van der Waals surface area contributed by atoms with Crippen LogP contribution in [0.15, 0.2) is 10.5 Å². The fourth-order valence-corrected chi connectivity index (χ4v) is 2.88. The van der Waals surface area contributed by atoms with Gasteiger partial charge in [-0.15, -0.1) is 0 Å². The molecule has 86 valence electrons. The van der Waals surface area contributed by atoms with Crippen LogP contribution in [0, 0.1) is 0 Å². The van der Waals surface area contributed by atoms with Crippen LogP contribution in [0.25, 0.3) is 0 Å². The van der Waals surface area contributed by atoms with Crippen LogP contribution in [-0.4, -0.2) is 16.2 Å². The van der Waals surface area contributed by atoms with Crippen LogP contribution < -0.4 is 0 Å². The van der Waals surface area contributed by atoms with E-state index in [1.54, 1.807) is 0 Å². The maximum Gasteiger partial charge on any atom is 0.303 e. The molecule has 0 radical (unpaired) electrons. The minimum Gasteiger partial charge on any atom is -0.506 e. The van der Waals surface area contributed by atoms with Crippen molar-refractivity contribution in [1.82, 2.24) is 0 Å². The zero-order chi connectivity index (χ0) is 11.7. The van der Waals surface area contributed by atoms with E-state index in [1.807, 2.05) is 6.07 Å². The smallest absolute Gasteiger partial charge is 0.303 e. The average molecular weight is 285 g/mol. The van der Waals surface area contributed by atoms with Crippen molar-refractivity contribution in [3.63, 3.8) is 0 Å². The van der Waals surface area contributed by atoms with E-state index in [4.69, 9.17) is 5.11 Å². The number of carboxylic acid groups (broad SMARTS) is 1. The van der Waals surface area contributed by atoms with Crippen molar-refractivity contribution in [2.24, 2.45) is 0 Å². The van der Waals surface area contributed by atoms with Gasteiger partial charge in [-0.25, -0.2) is 0 Å². The Morgan fingerprint density at radius 3 is 2.88 bits per heavy atom. The number of hydrogen-bond acceptors (Lipinski definition) is 2. The molecule has 0 aliphatic heterocycles. The summed E-state index contributed by atoms with van der Waals surface area (Å²) in [4.78, 5) is 10.5. The third-order valence-corrected chi connectivity index (χ3v) is 3.85. The lowest BCUT2D eigenvalue weighted by Crippen LogP contribution is -1.99. The van der Waals surface area contributed by atoms with Crippen LogP contribution >= 0.6 is 15.9 Å². The number of aromatic hydroxyl groups is 1. The number of aliphatic carboxylic acids is 1. The fourth-order valence-electron chi connectivity index (χ4n) is 2.17. The second kappa shape index (κ2) is 4.45. The first kappa shape index (κ1) is 11.5. The van der Waals surface area contributed by atoms with Gasteiger partial charge in [-0.2, -0.15) is 0 Å². The third-order valence-electron chi connectivity index (χ3n) is 2.99. The molecule has 2 N–H and O–H groups in total. The second-order valence-electron chi connectivity index (χ2n) is 4.08. The standard InChI is InChI=1S/C12H13BrO3/c13-11-9-3-1-2-7(9)6-8(12(11)16)4-5-10(14)15/h6,16H,1-5H2,(H,14,15). The highest BCUT2D eigenvalue weighted by Crippen LogP contribution is 2.38. The molecular formula is C12H13BrO3. The molecule has 0 saturated heterocycles. The Balaban J connectivity index is 2.32. The van der Waals surface area contributed by atoms with E-state index < -0.39 is 5.97 Å². The first-order valence-corrected chi connectivity index (χ1v) is 6.12. The molecule has 0 spiro atoms. The Hall–Kier alpha value is -1.03. The predicted octanol–water partition coefficient (Wildman–Crippen LogP) is 2.66. The van der Waals surface area contributed by atoms with Gasteiger partial charge in [-0.05, 0) is 58.3 Å². The summed E-state index contributed by atoms with van der Waals surface area (Å²) in [5.41, 5.74) is 3.15. The Kier molecular flexibility index (Phi) is 3.19. The van der Waals surface area contributed by atoms with Crippen molar-refractivity contribution in [1.29, 1.82) is 0 Å². The summed E-state index contributed by atoms with van der Waals surface area (Å²) < 4.78 is 0.753. The lowest BCUT2D eigenvalue weighted by molar-refractivity contribution is -0.136. The fraction of sp³-hybridized carbons (Fsp3) is 0.417. The van der Waals surface area contributed by atoms with Crippen molar-refractivity contribution in [2.45, 2.75) is 32.1 Å². The molecule has 1 aromatic rings. The molecule has 0 atom stereocenters.